The number of hydrogen-bond donors (Lipinski definition) is 2. The van der Waals surface area contributed by atoms with Crippen molar-refractivity contribution in [2.24, 2.45) is 0 Å². The molecule has 6 heteroatoms. The van der Waals surface area contributed by atoms with E-state index in [-0.39, 0.29) is 18.4 Å². The van der Waals surface area contributed by atoms with Gasteiger partial charge in [-0.1, -0.05) is 25.5 Å². The van der Waals surface area contributed by atoms with Crippen LogP contribution in [0.15, 0.2) is 47.3 Å². The third-order valence-corrected chi connectivity index (χ3v) is 3.35. The van der Waals surface area contributed by atoms with E-state index in [2.05, 4.69) is 17.6 Å². The number of benzene rings is 1. The van der Waals surface area contributed by atoms with E-state index in [4.69, 9.17) is 9.15 Å². The van der Waals surface area contributed by atoms with Crippen molar-refractivity contribution in [2.45, 2.75) is 26.3 Å². The second-order valence-corrected chi connectivity index (χ2v) is 5.32. The van der Waals surface area contributed by atoms with E-state index in [9.17, 15) is 9.59 Å². The Labute approximate surface area is 141 Å². The fourth-order valence-corrected chi connectivity index (χ4v) is 2.00. The second kappa shape index (κ2) is 9.39. The fraction of sp³-hybridized carbons (Fsp3) is 0.333. The molecule has 24 heavy (non-hydrogen) atoms. The van der Waals surface area contributed by atoms with Gasteiger partial charge >= 0.3 is 0 Å². The van der Waals surface area contributed by atoms with Crippen molar-refractivity contribution < 1.29 is 18.7 Å². The summed E-state index contributed by atoms with van der Waals surface area (Å²) in [5, 5.41) is 5.29. The molecule has 2 aromatic rings. The number of hydrogen-bond acceptors (Lipinski definition) is 4. The molecule has 0 radical (unpaired) electrons. The third kappa shape index (κ3) is 5.79. The lowest BCUT2D eigenvalue weighted by Crippen LogP contribution is -2.36. The van der Waals surface area contributed by atoms with Crippen LogP contribution in [-0.2, 0) is 11.3 Å². The topological polar surface area (TPSA) is 80.6 Å². The predicted molar refractivity (Wildman–Crippen MR) is 89.7 cm³/mol. The van der Waals surface area contributed by atoms with Crippen LogP contribution in [0.3, 0.4) is 0 Å². The number of furan rings is 1. The first-order chi connectivity index (χ1) is 11.7. The summed E-state index contributed by atoms with van der Waals surface area (Å²) in [6.07, 6.45) is 4.83. The van der Waals surface area contributed by atoms with E-state index < -0.39 is 0 Å². The summed E-state index contributed by atoms with van der Waals surface area (Å²) >= 11 is 0. The van der Waals surface area contributed by atoms with Crippen molar-refractivity contribution in [3.05, 3.63) is 54.0 Å². The van der Waals surface area contributed by atoms with Crippen molar-refractivity contribution in [1.82, 2.24) is 10.6 Å². The molecule has 0 aliphatic carbocycles. The SMILES string of the molecule is CCCCOc1cccc(CNC(=O)CNC(=O)c2ccoc2)c1. The van der Waals surface area contributed by atoms with Crippen molar-refractivity contribution in [1.29, 1.82) is 0 Å². The highest BCUT2D eigenvalue weighted by molar-refractivity contribution is 5.96. The van der Waals surface area contributed by atoms with Gasteiger partial charge in [-0.15, -0.1) is 0 Å². The van der Waals surface area contributed by atoms with Gasteiger partial charge < -0.3 is 19.8 Å². The first-order valence-corrected chi connectivity index (χ1v) is 7.98. The number of carbonyl (C=O) groups excluding carboxylic acids is 2. The maximum Gasteiger partial charge on any atom is 0.254 e. The Bertz CT molecular complexity index is 653. The molecule has 2 rings (SSSR count). The number of ether oxygens (including phenoxy) is 1. The molecule has 0 unspecified atom stereocenters. The molecule has 6 nitrogen and oxygen atoms in total. The molecule has 128 valence electrons. The normalized spacial score (nSPS) is 10.2. The molecular formula is C18H22N2O4. The van der Waals surface area contributed by atoms with Gasteiger partial charge in [0.25, 0.3) is 5.91 Å². The number of unbranched alkanes of at least 4 members (excludes halogenated alkanes) is 1. The molecular weight excluding hydrogens is 308 g/mol. The smallest absolute Gasteiger partial charge is 0.254 e. The lowest BCUT2D eigenvalue weighted by atomic mass is 10.2. The Balaban J connectivity index is 1.73. The Kier molecular flexibility index (Phi) is 6.89. The Morgan fingerprint density at radius 3 is 2.83 bits per heavy atom. The Hall–Kier alpha value is -2.76. The van der Waals surface area contributed by atoms with Gasteiger partial charge in [-0.05, 0) is 30.2 Å². The van der Waals surface area contributed by atoms with Crippen LogP contribution in [0, 0.1) is 0 Å². The summed E-state index contributed by atoms with van der Waals surface area (Å²) in [5.41, 5.74) is 1.33. The Morgan fingerprint density at radius 2 is 2.08 bits per heavy atom. The average Bonchev–Trinajstić information content (AvgIpc) is 3.13. The quantitative estimate of drug-likeness (QED) is 0.692. The van der Waals surface area contributed by atoms with Gasteiger partial charge in [0.05, 0.1) is 25.0 Å². The van der Waals surface area contributed by atoms with Gasteiger partial charge in [-0.25, -0.2) is 0 Å². The lowest BCUT2D eigenvalue weighted by molar-refractivity contribution is -0.120. The molecule has 2 N–H and O–H groups in total. The molecule has 0 spiro atoms. The highest BCUT2D eigenvalue weighted by atomic mass is 16.5. The van der Waals surface area contributed by atoms with E-state index in [1.54, 1.807) is 0 Å². The van der Waals surface area contributed by atoms with Crippen LogP contribution in [0.5, 0.6) is 5.75 Å². The maximum atomic E-state index is 11.8. The van der Waals surface area contributed by atoms with Crippen molar-refractivity contribution >= 4 is 11.8 Å². The first kappa shape index (κ1) is 17.6. The van der Waals surface area contributed by atoms with Crippen LogP contribution in [0.2, 0.25) is 0 Å². The van der Waals surface area contributed by atoms with Gasteiger partial charge in [0.2, 0.25) is 5.91 Å². The summed E-state index contributed by atoms with van der Waals surface area (Å²) < 4.78 is 10.5. The average molecular weight is 330 g/mol. The molecule has 0 saturated carbocycles. The highest BCUT2D eigenvalue weighted by Gasteiger charge is 2.08. The standard InChI is InChI=1S/C18H22N2O4/c1-2-3-8-24-16-6-4-5-14(10-16)11-19-17(21)12-20-18(22)15-7-9-23-13-15/h4-7,9-10,13H,2-3,8,11-12H2,1H3,(H,19,21)(H,20,22). The zero-order valence-corrected chi connectivity index (χ0v) is 13.7. The highest BCUT2D eigenvalue weighted by Crippen LogP contribution is 2.13. The van der Waals surface area contributed by atoms with Crippen molar-refractivity contribution in [3.63, 3.8) is 0 Å². The van der Waals surface area contributed by atoms with Crippen LogP contribution in [0.1, 0.15) is 35.7 Å². The van der Waals surface area contributed by atoms with E-state index in [0.29, 0.717) is 18.7 Å². The van der Waals surface area contributed by atoms with Crippen LogP contribution in [0.4, 0.5) is 0 Å². The predicted octanol–water partition coefficient (Wildman–Crippen LogP) is 2.50. The number of amides is 2. The van der Waals surface area contributed by atoms with Gasteiger partial charge in [0.15, 0.2) is 0 Å². The van der Waals surface area contributed by atoms with Crippen molar-refractivity contribution in [2.75, 3.05) is 13.2 Å². The molecule has 0 aliphatic rings. The molecule has 0 fully saturated rings. The molecule has 0 aliphatic heterocycles. The van der Waals surface area contributed by atoms with Crippen LogP contribution < -0.4 is 15.4 Å². The van der Waals surface area contributed by atoms with Crippen molar-refractivity contribution in [3.8, 4) is 5.75 Å². The van der Waals surface area contributed by atoms with E-state index in [0.717, 1.165) is 24.2 Å². The third-order valence-electron chi connectivity index (χ3n) is 3.35. The molecule has 1 aromatic heterocycles. The summed E-state index contributed by atoms with van der Waals surface area (Å²) in [7, 11) is 0. The molecule has 0 atom stereocenters. The monoisotopic (exact) mass is 330 g/mol. The first-order valence-electron chi connectivity index (χ1n) is 7.98. The van der Waals surface area contributed by atoms with Gasteiger partial charge in [-0.3, -0.25) is 9.59 Å². The minimum atomic E-state index is -0.342. The lowest BCUT2D eigenvalue weighted by Gasteiger charge is -2.09. The largest absolute Gasteiger partial charge is 0.494 e. The summed E-state index contributed by atoms with van der Waals surface area (Å²) in [6.45, 7) is 3.09. The summed E-state index contributed by atoms with van der Waals surface area (Å²) in [5.74, 6) is 0.192. The van der Waals surface area contributed by atoms with E-state index >= 15 is 0 Å². The van der Waals surface area contributed by atoms with Gasteiger partial charge in [0.1, 0.15) is 12.0 Å². The number of carbonyl (C=O) groups is 2. The van der Waals surface area contributed by atoms with Gasteiger partial charge in [-0.2, -0.15) is 0 Å². The van der Waals surface area contributed by atoms with E-state index in [1.165, 1.54) is 18.6 Å². The fourth-order valence-electron chi connectivity index (χ4n) is 2.00. The molecule has 1 aromatic carbocycles. The zero-order valence-electron chi connectivity index (χ0n) is 13.7. The summed E-state index contributed by atoms with van der Waals surface area (Å²) in [4.78, 5) is 23.5. The second-order valence-electron chi connectivity index (χ2n) is 5.32. The summed E-state index contributed by atoms with van der Waals surface area (Å²) in [6, 6.07) is 9.14. The number of nitrogens with one attached hydrogen (secondary N) is 2. The molecule has 0 saturated heterocycles. The number of rotatable bonds is 9. The van der Waals surface area contributed by atoms with Gasteiger partial charge in [0, 0.05) is 6.54 Å². The molecule has 2 amide bonds. The molecule has 1 heterocycles. The zero-order chi connectivity index (χ0) is 17.2. The molecule has 0 bridgehead atoms. The maximum absolute atomic E-state index is 11.8. The minimum Gasteiger partial charge on any atom is -0.494 e. The van der Waals surface area contributed by atoms with Crippen LogP contribution >= 0.6 is 0 Å². The van der Waals surface area contributed by atoms with Crippen LogP contribution in [-0.4, -0.2) is 25.0 Å². The van der Waals surface area contributed by atoms with Crippen LogP contribution in [0.25, 0.3) is 0 Å². The Morgan fingerprint density at radius 1 is 1.21 bits per heavy atom. The van der Waals surface area contributed by atoms with E-state index in [1.807, 2.05) is 24.3 Å². The minimum absolute atomic E-state index is 0.0866.